The van der Waals surface area contributed by atoms with Crippen LogP contribution >= 0.6 is 0 Å². The predicted molar refractivity (Wildman–Crippen MR) is 85.6 cm³/mol. The molecule has 0 unspecified atom stereocenters. The van der Waals surface area contributed by atoms with E-state index >= 15 is 0 Å². The summed E-state index contributed by atoms with van der Waals surface area (Å²) in [6.45, 7) is 7.14. The fourth-order valence-corrected chi connectivity index (χ4v) is 2.57. The summed E-state index contributed by atoms with van der Waals surface area (Å²) in [7, 11) is 0. The van der Waals surface area contributed by atoms with Crippen molar-refractivity contribution < 1.29 is 5.11 Å². The highest BCUT2D eigenvalue weighted by Gasteiger charge is 2.16. The number of hydrogen-bond acceptors (Lipinski definition) is 2. The van der Waals surface area contributed by atoms with E-state index in [-0.39, 0.29) is 0 Å². The van der Waals surface area contributed by atoms with Crippen LogP contribution in [-0.4, -0.2) is 11.7 Å². The van der Waals surface area contributed by atoms with Crippen molar-refractivity contribution in [3.05, 3.63) is 59.7 Å². The van der Waals surface area contributed by atoms with Crippen molar-refractivity contribution in [1.29, 1.82) is 0 Å². The van der Waals surface area contributed by atoms with Gasteiger partial charge in [-0.1, -0.05) is 43.3 Å². The lowest BCUT2D eigenvalue weighted by molar-refractivity contribution is 0.174. The zero-order valence-corrected chi connectivity index (χ0v) is 12.5. The molecule has 0 bridgehead atoms. The highest BCUT2D eigenvalue weighted by Crippen LogP contribution is 2.34. The fraction of sp³-hybridized carbons (Fsp3) is 0.333. The third kappa shape index (κ3) is 2.86. The molecule has 0 aromatic heterocycles. The summed E-state index contributed by atoms with van der Waals surface area (Å²) in [4.78, 5) is 2.27. The number of nitrogens with zero attached hydrogens (tertiary/aromatic N) is 1. The Labute approximate surface area is 121 Å². The molecule has 0 heterocycles. The van der Waals surface area contributed by atoms with Gasteiger partial charge in [-0.2, -0.15) is 0 Å². The van der Waals surface area contributed by atoms with Crippen molar-refractivity contribution in [2.45, 2.75) is 33.3 Å². The number of rotatable bonds is 5. The first-order chi connectivity index (χ1) is 9.69. The summed E-state index contributed by atoms with van der Waals surface area (Å²) in [5.41, 5.74) is 4.54. The first-order valence-corrected chi connectivity index (χ1v) is 7.29. The van der Waals surface area contributed by atoms with Crippen molar-refractivity contribution in [2.24, 2.45) is 0 Å². The molecule has 1 N–H and O–H groups in total. The van der Waals surface area contributed by atoms with Gasteiger partial charge in [0.2, 0.25) is 0 Å². The zero-order valence-electron chi connectivity index (χ0n) is 12.5. The quantitative estimate of drug-likeness (QED) is 0.857. The second-order valence-corrected chi connectivity index (χ2v) is 5.01. The lowest BCUT2D eigenvalue weighted by atomic mass is 10.0. The first-order valence-electron chi connectivity index (χ1n) is 7.29. The number of hydrogen-bond donors (Lipinski definition) is 1. The number of para-hydroxylation sites is 2. The molecule has 0 aliphatic rings. The topological polar surface area (TPSA) is 23.5 Å². The van der Waals surface area contributed by atoms with Gasteiger partial charge in [0, 0.05) is 23.5 Å². The molecule has 0 radical (unpaired) electrons. The van der Waals surface area contributed by atoms with Gasteiger partial charge in [0.1, 0.15) is 0 Å². The van der Waals surface area contributed by atoms with Crippen LogP contribution in [0.2, 0.25) is 0 Å². The Hall–Kier alpha value is -1.80. The van der Waals surface area contributed by atoms with Gasteiger partial charge in [0.15, 0.2) is 0 Å². The van der Waals surface area contributed by atoms with Crippen LogP contribution in [0.4, 0.5) is 11.4 Å². The molecule has 2 heteroatoms. The van der Waals surface area contributed by atoms with E-state index in [9.17, 15) is 5.11 Å². The minimum absolute atomic E-state index is 0.413. The lowest BCUT2D eigenvalue weighted by Crippen LogP contribution is -2.19. The standard InChI is InChI=1S/C18H23NO/c1-4-18(20)15-11-7-9-13-17(15)19(5-2)16-12-8-6-10-14(16)3/h6-13,18,20H,4-5H2,1-3H3/t18-/m1/s1. The molecule has 0 aliphatic heterocycles. The number of aliphatic hydroxyl groups is 1. The molecule has 0 amide bonds. The van der Waals surface area contributed by atoms with Crippen molar-refractivity contribution in [3.63, 3.8) is 0 Å². The molecule has 2 aromatic rings. The minimum atomic E-state index is -0.413. The molecule has 0 saturated carbocycles. The van der Waals surface area contributed by atoms with Crippen LogP contribution in [0.15, 0.2) is 48.5 Å². The molecule has 20 heavy (non-hydrogen) atoms. The molecule has 1 atom stereocenters. The van der Waals surface area contributed by atoms with Gasteiger partial charge in [-0.3, -0.25) is 0 Å². The van der Waals surface area contributed by atoms with E-state index in [2.05, 4.69) is 49.1 Å². The normalized spacial score (nSPS) is 12.2. The van der Waals surface area contributed by atoms with Crippen molar-refractivity contribution in [1.82, 2.24) is 0 Å². The molecule has 0 aliphatic carbocycles. The molecular formula is C18H23NO. The smallest absolute Gasteiger partial charge is 0.0807 e. The number of anilines is 2. The largest absolute Gasteiger partial charge is 0.388 e. The van der Waals surface area contributed by atoms with Gasteiger partial charge >= 0.3 is 0 Å². The van der Waals surface area contributed by atoms with Crippen LogP contribution < -0.4 is 4.90 Å². The summed E-state index contributed by atoms with van der Waals surface area (Å²) >= 11 is 0. The van der Waals surface area contributed by atoms with Crippen LogP contribution in [0.25, 0.3) is 0 Å². The highest BCUT2D eigenvalue weighted by molar-refractivity contribution is 5.69. The van der Waals surface area contributed by atoms with E-state index < -0.39 is 6.10 Å². The molecule has 0 saturated heterocycles. The molecule has 0 spiro atoms. The maximum atomic E-state index is 10.2. The van der Waals surface area contributed by atoms with Crippen LogP contribution in [-0.2, 0) is 0 Å². The molecular weight excluding hydrogens is 246 g/mol. The summed E-state index contributed by atoms with van der Waals surface area (Å²) in [5, 5.41) is 10.2. The molecule has 2 rings (SSSR count). The third-order valence-electron chi connectivity index (χ3n) is 3.70. The molecule has 2 nitrogen and oxygen atoms in total. The van der Waals surface area contributed by atoms with Gasteiger partial charge in [-0.05, 0) is 38.0 Å². The second-order valence-electron chi connectivity index (χ2n) is 5.01. The summed E-state index contributed by atoms with van der Waals surface area (Å²) < 4.78 is 0. The van der Waals surface area contributed by atoms with Crippen LogP contribution in [0.5, 0.6) is 0 Å². The Morgan fingerprint density at radius 3 is 2.15 bits per heavy atom. The predicted octanol–water partition coefficient (Wildman–Crippen LogP) is 4.60. The van der Waals surface area contributed by atoms with E-state index in [1.807, 2.05) is 25.1 Å². The molecule has 2 aromatic carbocycles. The maximum absolute atomic E-state index is 10.2. The Morgan fingerprint density at radius 1 is 0.950 bits per heavy atom. The SMILES string of the molecule is CC[C@@H](O)c1ccccc1N(CC)c1ccccc1C. The van der Waals surface area contributed by atoms with Crippen LogP contribution in [0.1, 0.15) is 37.5 Å². The van der Waals surface area contributed by atoms with Gasteiger partial charge in [0.05, 0.1) is 6.10 Å². The number of aryl methyl sites for hydroxylation is 1. The Kier molecular flexibility index (Phi) is 4.80. The highest BCUT2D eigenvalue weighted by atomic mass is 16.3. The lowest BCUT2D eigenvalue weighted by Gasteiger charge is -2.28. The first kappa shape index (κ1) is 14.6. The van der Waals surface area contributed by atoms with Crippen LogP contribution in [0.3, 0.4) is 0 Å². The second kappa shape index (κ2) is 6.58. The van der Waals surface area contributed by atoms with Gasteiger partial charge in [0.25, 0.3) is 0 Å². The number of benzene rings is 2. The maximum Gasteiger partial charge on any atom is 0.0807 e. The van der Waals surface area contributed by atoms with Crippen LogP contribution in [0, 0.1) is 6.92 Å². The van der Waals surface area contributed by atoms with E-state index in [1.165, 1.54) is 11.3 Å². The average Bonchev–Trinajstić information content (AvgIpc) is 2.49. The van der Waals surface area contributed by atoms with Crippen molar-refractivity contribution >= 4 is 11.4 Å². The Bertz CT molecular complexity index is 565. The monoisotopic (exact) mass is 269 g/mol. The van der Waals surface area contributed by atoms with Gasteiger partial charge in [-0.15, -0.1) is 0 Å². The van der Waals surface area contributed by atoms with Gasteiger partial charge in [-0.25, -0.2) is 0 Å². The van der Waals surface area contributed by atoms with E-state index in [1.54, 1.807) is 0 Å². The summed E-state index contributed by atoms with van der Waals surface area (Å²) in [6.07, 6.45) is 0.312. The average molecular weight is 269 g/mol. The summed E-state index contributed by atoms with van der Waals surface area (Å²) in [6, 6.07) is 16.5. The van der Waals surface area contributed by atoms with E-state index in [0.29, 0.717) is 0 Å². The Morgan fingerprint density at radius 2 is 1.55 bits per heavy atom. The Balaban J connectivity index is 2.50. The number of aliphatic hydroxyl groups excluding tert-OH is 1. The fourth-order valence-electron chi connectivity index (χ4n) is 2.57. The third-order valence-corrected chi connectivity index (χ3v) is 3.70. The molecule has 106 valence electrons. The van der Waals surface area contributed by atoms with Gasteiger partial charge < -0.3 is 10.0 Å². The van der Waals surface area contributed by atoms with Crippen molar-refractivity contribution in [2.75, 3.05) is 11.4 Å². The molecule has 0 fully saturated rings. The summed E-state index contributed by atoms with van der Waals surface area (Å²) in [5.74, 6) is 0. The van der Waals surface area contributed by atoms with E-state index in [0.717, 1.165) is 24.2 Å². The van der Waals surface area contributed by atoms with E-state index in [4.69, 9.17) is 0 Å². The minimum Gasteiger partial charge on any atom is -0.388 e. The zero-order chi connectivity index (χ0) is 14.5. The van der Waals surface area contributed by atoms with Crippen molar-refractivity contribution in [3.8, 4) is 0 Å².